The Labute approximate surface area is 132 Å². The first-order valence-corrected chi connectivity index (χ1v) is 7.66. The molecule has 0 atom stereocenters. The Bertz CT molecular complexity index is 463. The lowest BCUT2D eigenvalue weighted by Gasteiger charge is -2.09. The van der Waals surface area contributed by atoms with Gasteiger partial charge in [0.2, 0.25) is 0 Å². The standard InChI is InChI=1S/C17H23ClO3/c1-15-7-8-17(16(14-15)6-3-4-9-18)21-11-5-10-20-13-12-19-2/h7-8,14H,4-5,9-13H2,1-2H3. The van der Waals surface area contributed by atoms with Crippen molar-refractivity contribution >= 4 is 11.6 Å². The molecule has 0 saturated heterocycles. The lowest BCUT2D eigenvalue weighted by molar-refractivity contribution is 0.0644. The number of benzene rings is 1. The molecule has 0 spiro atoms. The van der Waals surface area contributed by atoms with E-state index in [1.54, 1.807) is 7.11 Å². The van der Waals surface area contributed by atoms with Crippen molar-refractivity contribution in [3.63, 3.8) is 0 Å². The van der Waals surface area contributed by atoms with Gasteiger partial charge in [-0.15, -0.1) is 11.6 Å². The zero-order valence-electron chi connectivity index (χ0n) is 12.8. The average molecular weight is 311 g/mol. The molecule has 1 aromatic rings. The van der Waals surface area contributed by atoms with Gasteiger partial charge in [-0.3, -0.25) is 0 Å². The zero-order valence-corrected chi connectivity index (χ0v) is 13.5. The van der Waals surface area contributed by atoms with Crippen LogP contribution in [-0.2, 0) is 9.47 Å². The maximum atomic E-state index is 5.78. The summed E-state index contributed by atoms with van der Waals surface area (Å²) in [4.78, 5) is 0. The van der Waals surface area contributed by atoms with Crippen molar-refractivity contribution in [2.24, 2.45) is 0 Å². The minimum atomic E-state index is 0.549. The Hall–Kier alpha value is -1.21. The van der Waals surface area contributed by atoms with Crippen LogP contribution >= 0.6 is 11.6 Å². The van der Waals surface area contributed by atoms with Gasteiger partial charge in [-0.1, -0.05) is 17.9 Å². The highest BCUT2D eigenvalue weighted by atomic mass is 35.5. The third kappa shape index (κ3) is 7.96. The molecule has 0 N–H and O–H groups in total. The van der Waals surface area contributed by atoms with Gasteiger partial charge in [0, 0.05) is 32.4 Å². The van der Waals surface area contributed by atoms with Gasteiger partial charge in [0.25, 0.3) is 0 Å². The first-order chi connectivity index (χ1) is 10.3. The predicted molar refractivity (Wildman–Crippen MR) is 86.2 cm³/mol. The number of rotatable bonds is 9. The fraction of sp³-hybridized carbons (Fsp3) is 0.529. The molecule has 0 saturated carbocycles. The summed E-state index contributed by atoms with van der Waals surface area (Å²) in [7, 11) is 1.66. The van der Waals surface area contributed by atoms with E-state index in [0.29, 0.717) is 38.7 Å². The molecule has 0 bridgehead atoms. The molecule has 0 aliphatic carbocycles. The molecule has 0 unspecified atom stereocenters. The van der Waals surface area contributed by atoms with Crippen molar-refractivity contribution in [1.82, 2.24) is 0 Å². The van der Waals surface area contributed by atoms with E-state index in [-0.39, 0.29) is 0 Å². The van der Waals surface area contributed by atoms with Gasteiger partial charge < -0.3 is 14.2 Å². The van der Waals surface area contributed by atoms with E-state index in [1.165, 1.54) is 5.56 Å². The lowest BCUT2D eigenvalue weighted by atomic mass is 10.1. The molecular formula is C17H23ClO3. The van der Waals surface area contributed by atoms with Crippen LogP contribution in [0.3, 0.4) is 0 Å². The van der Waals surface area contributed by atoms with Crippen LogP contribution in [-0.4, -0.2) is 39.4 Å². The van der Waals surface area contributed by atoms with Crippen molar-refractivity contribution in [3.05, 3.63) is 29.3 Å². The Kier molecular flexibility index (Phi) is 9.73. The summed E-state index contributed by atoms with van der Waals surface area (Å²) in [6, 6.07) is 6.02. The van der Waals surface area contributed by atoms with Gasteiger partial charge in [-0.05, 0) is 24.6 Å². The molecule has 1 rings (SSSR count). The van der Waals surface area contributed by atoms with Gasteiger partial charge in [0.05, 0.1) is 25.4 Å². The third-order valence-corrected chi connectivity index (χ3v) is 2.89. The van der Waals surface area contributed by atoms with Gasteiger partial charge in [0.15, 0.2) is 0 Å². The smallest absolute Gasteiger partial charge is 0.134 e. The number of hydrogen-bond acceptors (Lipinski definition) is 3. The molecule has 0 aliphatic heterocycles. The van der Waals surface area contributed by atoms with Crippen molar-refractivity contribution in [3.8, 4) is 17.6 Å². The van der Waals surface area contributed by atoms with E-state index in [4.69, 9.17) is 25.8 Å². The van der Waals surface area contributed by atoms with Crippen molar-refractivity contribution in [1.29, 1.82) is 0 Å². The minimum absolute atomic E-state index is 0.549. The highest BCUT2D eigenvalue weighted by Gasteiger charge is 2.01. The molecule has 116 valence electrons. The molecule has 4 heteroatoms. The van der Waals surface area contributed by atoms with Crippen molar-refractivity contribution < 1.29 is 14.2 Å². The molecular weight excluding hydrogens is 288 g/mol. The summed E-state index contributed by atoms with van der Waals surface area (Å²) < 4.78 is 16.1. The second-order valence-electron chi connectivity index (χ2n) is 4.55. The van der Waals surface area contributed by atoms with Crippen molar-refractivity contribution in [2.45, 2.75) is 19.8 Å². The summed E-state index contributed by atoms with van der Waals surface area (Å²) in [5.74, 6) is 7.53. The fourth-order valence-electron chi connectivity index (χ4n) is 1.66. The third-order valence-electron chi connectivity index (χ3n) is 2.70. The predicted octanol–water partition coefficient (Wildman–Crippen LogP) is 3.41. The summed E-state index contributed by atoms with van der Waals surface area (Å²) in [5, 5.41) is 0. The van der Waals surface area contributed by atoms with Crippen LogP contribution in [0.15, 0.2) is 18.2 Å². The van der Waals surface area contributed by atoms with Crippen LogP contribution in [0.25, 0.3) is 0 Å². The Morgan fingerprint density at radius 3 is 2.76 bits per heavy atom. The van der Waals surface area contributed by atoms with Crippen LogP contribution in [0, 0.1) is 18.8 Å². The number of methoxy groups -OCH3 is 1. The summed E-state index contributed by atoms with van der Waals surface area (Å²) in [6.45, 7) is 4.57. The Morgan fingerprint density at radius 1 is 1.14 bits per heavy atom. The molecule has 1 aromatic carbocycles. The fourth-order valence-corrected chi connectivity index (χ4v) is 1.75. The van der Waals surface area contributed by atoms with E-state index in [0.717, 1.165) is 17.7 Å². The number of alkyl halides is 1. The van der Waals surface area contributed by atoms with E-state index in [2.05, 4.69) is 11.8 Å². The quantitative estimate of drug-likeness (QED) is 0.397. The summed E-state index contributed by atoms with van der Waals surface area (Å²) in [6.07, 6.45) is 1.52. The SMILES string of the molecule is COCCOCCCOc1ccc(C)cc1C#CCCCl. The first kappa shape index (κ1) is 17.8. The first-order valence-electron chi connectivity index (χ1n) is 7.13. The highest BCUT2D eigenvalue weighted by molar-refractivity contribution is 6.18. The number of aryl methyl sites for hydroxylation is 1. The maximum absolute atomic E-state index is 5.78. The minimum Gasteiger partial charge on any atom is -0.492 e. The van der Waals surface area contributed by atoms with Gasteiger partial charge in [-0.2, -0.15) is 0 Å². The topological polar surface area (TPSA) is 27.7 Å². The van der Waals surface area contributed by atoms with Gasteiger partial charge in [-0.25, -0.2) is 0 Å². The summed E-state index contributed by atoms with van der Waals surface area (Å²) >= 11 is 5.64. The van der Waals surface area contributed by atoms with E-state index >= 15 is 0 Å². The number of ether oxygens (including phenoxy) is 3. The monoisotopic (exact) mass is 310 g/mol. The maximum Gasteiger partial charge on any atom is 0.134 e. The molecule has 21 heavy (non-hydrogen) atoms. The second-order valence-corrected chi connectivity index (χ2v) is 4.93. The van der Waals surface area contributed by atoms with Gasteiger partial charge >= 0.3 is 0 Å². The van der Waals surface area contributed by atoms with E-state index in [1.807, 2.05) is 25.1 Å². The molecule has 0 aliphatic rings. The largest absolute Gasteiger partial charge is 0.492 e. The zero-order chi connectivity index (χ0) is 15.3. The number of halogens is 1. The molecule has 0 heterocycles. The Morgan fingerprint density at radius 2 is 2.00 bits per heavy atom. The number of hydrogen-bond donors (Lipinski definition) is 0. The molecule has 3 nitrogen and oxygen atoms in total. The normalized spacial score (nSPS) is 10.0. The van der Waals surface area contributed by atoms with Crippen LogP contribution < -0.4 is 4.74 Å². The molecule has 0 fully saturated rings. The average Bonchev–Trinajstić information content (AvgIpc) is 2.48. The van der Waals surface area contributed by atoms with Crippen LogP contribution in [0.1, 0.15) is 24.0 Å². The molecule has 0 amide bonds. The van der Waals surface area contributed by atoms with Crippen LogP contribution in [0.2, 0.25) is 0 Å². The lowest BCUT2D eigenvalue weighted by Crippen LogP contribution is -2.07. The molecule has 0 radical (unpaired) electrons. The van der Waals surface area contributed by atoms with E-state index < -0.39 is 0 Å². The van der Waals surface area contributed by atoms with Crippen LogP contribution in [0.4, 0.5) is 0 Å². The van der Waals surface area contributed by atoms with Crippen molar-refractivity contribution in [2.75, 3.05) is 39.4 Å². The Balaban J connectivity index is 2.42. The molecule has 0 aromatic heterocycles. The summed E-state index contributed by atoms with van der Waals surface area (Å²) in [5.41, 5.74) is 2.08. The van der Waals surface area contributed by atoms with Crippen LogP contribution in [0.5, 0.6) is 5.75 Å². The highest BCUT2D eigenvalue weighted by Crippen LogP contribution is 2.19. The second kappa shape index (κ2) is 11.4. The van der Waals surface area contributed by atoms with Gasteiger partial charge in [0.1, 0.15) is 5.75 Å². The van der Waals surface area contributed by atoms with E-state index in [9.17, 15) is 0 Å².